The smallest absolute Gasteiger partial charge is 0.261 e. The highest BCUT2D eigenvalue weighted by molar-refractivity contribution is 5.78. The SMILES string of the molecule is COCCn1c(C(C)N(CCN(C)C)C(=O)CC(C)(C)C)nc2ccccc2c1=O. The Morgan fingerprint density at radius 2 is 1.87 bits per heavy atom. The van der Waals surface area contributed by atoms with Gasteiger partial charge in [0.05, 0.1) is 30.1 Å². The first-order valence-electron chi connectivity index (χ1n) is 10.5. The predicted octanol–water partition coefficient (Wildman–Crippen LogP) is 2.93. The number of ether oxygens (including phenoxy) is 1. The molecule has 2 aromatic rings. The van der Waals surface area contributed by atoms with Crippen molar-refractivity contribution in [3.63, 3.8) is 0 Å². The molecular weight excluding hydrogens is 380 g/mol. The van der Waals surface area contributed by atoms with Crippen LogP contribution in [-0.4, -0.2) is 66.2 Å². The first-order chi connectivity index (χ1) is 14.0. The molecule has 0 fully saturated rings. The number of fused-ring (bicyclic) bond motifs is 1. The van der Waals surface area contributed by atoms with Gasteiger partial charge in [-0.3, -0.25) is 14.2 Å². The van der Waals surface area contributed by atoms with E-state index in [2.05, 4.69) is 25.7 Å². The zero-order chi connectivity index (χ0) is 22.5. The van der Waals surface area contributed by atoms with Crippen LogP contribution in [0.5, 0.6) is 0 Å². The Bertz CT molecular complexity index is 915. The lowest BCUT2D eigenvalue weighted by molar-refractivity contribution is -0.135. The van der Waals surface area contributed by atoms with Crippen molar-refractivity contribution in [1.82, 2.24) is 19.4 Å². The molecular formula is C23H36N4O3. The topological polar surface area (TPSA) is 67.7 Å². The van der Waals surface area contributed by atoms with Crippen molar-refractivity contribution in [2.75, 3.05) is 40.9 Å². The molecule has 1 unspecified atom stereocenters. The lowest BCUT2D eigenvalue weighted by Gasteiger charge is -2.33. The lowest BCUT2D eigenvalue weighted by atomic mass is 9.91. The van der Waals surface area contributed by atoms with Crippen LogP contribution >= 0.6 is 0 Å². The monoisotopic (exact) mass is 416 g/mol. The summed E-state index contributed by atoms with van der Waals surface area (Å²) in [6.45, 7) is 10.2. The molecule has 0 aliphatic carbocycles. The summed E-state index contributed by atoms with van der Waals surface area (Å²) < 4.78 is 6.88. The molecule has 1 atom stereocenters. The minimum Gasteiger partial charge on any atom is -0.383 e. The second kappa shape index (κ2) is 10.2. The molecule has 0 N–H and O–H groups in total. The van der Waals surface area contributed by atoms with Crippen molar-refractivity contribution in [2.45, 2.75) is 46.7 Å². The fraction of sp³-hybridized carbons (Fsp3) is 0.609. The Morgan fingerprint density at radius 1 is 1.20 bits per heavy atom. The van der Waals surface area contributed by atoms with E-state index in [0.29, 0.717) is 42.8 Å². The van der Waals surface area contributed by atoms with Crippen LogP contribution in [0.25, 0.3) is 10.9 Å². The van der Waals surface area contributed by atoms with Crippen LogP contribution in [-0.2, 0) is 16.1 Å². The molecule has 2 rings (SSSR count). The van der Waals surface area contributed by atoms with Crippen LogP contribution in [0.2, 0.25) is 0 Å². The number of hydrogen-bond acceptors (Lipinski definition) is 5. The largest absolute Gasteiger partial charge is 0.383 e. The van der Waals surface area contributed by atoms with E-state index in [9.17, 15) is 9.59 Å². The number of benzene rings is 1. The minimum atomic E-state index is -0.339. The van der Waals surface area contributed by atoms with Crippen LogP contribution in [0.1, 0.15) is 46.0 Å². The minimum absolute atomic E-state index is 0.0672. The van der Waals surface area contributed by atoms with Crippen molar-refractivity contribution in [3.8, 4) is 0 Å². The molecule has 0 radical (unpaired) electrons. The summed E-state index contributed by atoms with van der Waals surface area (Å²) >= 11 is 0. The van der Waals surface area contributed by atoms with Crippen LogP contribution in [0.4, 0.5) is 0 Å². The van der Waals surface area contributed by atoms with Crippen molar-refractivity contribution in [3.05, 3.63) is 40.4 Å². The van der Waals surface area contributed by atoms with Gasteiger partial charge in [-0.05, 0) is 38.6 Å². The number of aromatic nitrogens is 2. The van der Waals surface area contributed by atoms with Gasteiger partial charge in [-0.2, -0.15) is 0 Å². The maximum Gasteiger partial charge on any atom is 0.261 e. The Labute approximate surface area is 179 Å². The van der Waals surface area contributed by atoms with E-state index in [-0.39, 0.29) is 22.9 Å². The molecule has 1 aromatic heterocycles. The van der Waals surface area contributed by atoms with Crippen LogP contribution < -0.4 is 5.56 Å². The zero-order valence-corrected chi connectivity index (χ0v) is 19.4. The molecule has 0 bridgehead atoms. The molecule has 0 aliphatic heterocycles. The van der Waals surface area contributed by atoms with E-state index in [4.69, 9.17) is 9.72 Å². The first-order valence-corrected chi connectivity index (χ1v) is 10.5. The number of carbonyl (C=O) groups excluding carboxylic acids is 1. The van der Waals surface area contributed by atoms with E-state index in [0.717, 1.165) is 6.54 Å². The van der Waals surface area contributed by atoms with Crippen molar-refractivity contribution in [2.24, 2.45) is 5.41 Å². The fourth-order valence-electron chi connectivity index (χ4n) is 3.44. The van der Waals surface area contributed by atoms with Gasteiger partial charge in [0.2, 0.25) is 5.91 Å². The number of nitrogens with zero attached hydrogens (tertiary/aromatic N) is 4. The number of carbonyl (C=O) groups is 1. The maximum atomic E-state index is 13.2. The molecule has 0 saturated carbocycles. The number of para-hydroxylation sites is 1. The van der Waals surface area contributed by atoms with Gasteiger partial charge in [0.25, 0.3) is 5.56 Å². The predicted molar refractivity (Wildman–Crippen MR) is 121 cm³/mol. The Hall–Kier alpha value is -2.25. The molecule has 0 aliphatic rings. The average Bonchev–Trinajstić information content (AvgIpc) is 2.65. The number of likely N-dealkylation sites (N-methyl/N-ethyl adjacent to an activating group) is 1. The molecule has 0 spiro atoms. The van der Waals surface area contributed by atoms with Crippen molar-refractivity contribution in [1.29, 1.82) is 0 Å². The molecule has 1 aromatic carbocycles. The standard InChI is InChI=1S/C23H36N4O3/c1-17(26(13-12-25(5)6)20(28)16-23(2,3)4)21-24-19-11-9-8-10-18(19)22(29)27(21)14-15-30-7/h8-11,17H,12-16H2,1-7H3. The van der Waals surface area contributed by atoms with Crippen molar-refractivity contribution >= 4 is 16.8 Å². The highest BCUT2D eigenvalue weighted by Crippen LogP contribution is 2.25. The lowest BCUT2D eigenvalue weighted by Crippen LogP contribution is -2.42. The van der Waals surface area contributed by atoms with Gasteiger partial charge in [-0.25, -0.2) is 4.98 Å². The van der Waals surface area contributed by atoms with Crippen LogP contribution in [0.3, 0.4) is 0 Å². The normalized spacial score (nSPS) is 13.1. The number of rotatable bonds is 9. The summed E-state index contributed by atoms with van der Waals surface area (Å²) in [5, 5.41) is 0.574. The molecule has 30 heavy (non-hydrogen) atoms. The summed E-state index contributed by atoms with van der Waals surface area (Å²) in [6.07, 6.45) is 0.431. The van der Waals surface area contributed by atoms with Crippen LogP contribution in [0, 0.1) is 5.41 Å². The molecule has 0 saturated heterocycles. The number of hydrogen-bond donors (Lipinski definition) is 0. The van der Waals surface area contributed by atoms with E-state index in [1.54, 1.807) is 17.7 Å². The number of amides is 1. The number of methoxy groups -OCH3 is 1. The van der Waals surface area contributed by atoms with E-state index in [1.807, 2.05) is 44.1 Å². The Balaban J connectivity index is 2.54. The van der Waals surface area contributed by atoms with E-state index >= 15 is 0 Å². The zero-order valence-electron chi connectivity index (χ0n) is 19.4. The highest BCUT2D eigenvalue weighted by Gasteiger charge is 2.28. The van der Waals surface area contributed by atoms with Crippen molar-refractivity contribution < 1.29 is 9.53 Å². The first kappa shape index (κ1) is 24.0. The third-order valence-electron chi connectivity index (χ3n) is 5.04. The van der Waals surface area contributed by atoms with Gasteiger partial charge in [-0.1, -0.05) is 32.9 Å². The maximum absolute atomic E-state index is 13.2. The summed E-state index contributed by atoms with van der Waals surface area (Å²) in [6, 6.07) is 7.00. The second-order valence-electron chi connectivity index (χ2n) is 9.24. The summed E-state index contributed by atoms with van der Waals surface area (Å²) in [5.74, 6) is 0.661. The van der Waals surface area contributed by atoms with Gasteiger partial charge < -0.3 is 14.5 Å². The van der Waals surface area contributed by atoms with Gasteiger partial charge in [0.1, 0.15) is 5.82 Å². The van der Waals surface area contributed by atoms with Gasteiger partial charge in [0.15, 0.2) is 0 Å². The summed E-state index contributed by atoms with van der Waals surface area (Å²) in [4.78, 5) is 35.1. The van der Waals surface area contributed by atoms with Gasteiger partial charge in [-0.15, -0.1) is 0 Å². The molecule has 1 heterocycles. The molecule has 166 valence electrons. The van der Waals surface area contributed by atoms with Gasteiger partial charge >= 0.3 is 0 Å². The fourth-order valence-corrected chi connectivity index (χ4v) is 3.44. The quantitative estimate of drug-likeness (QED) is 0.629. The molecule has 7 heteroatoms. The third-order valence-corrected chi connectivity index (χ3v) is 5.04. The van der Waals surface area contributed by atoms with E-state index in [1.165, 1.54) is 0 Å². The highest BCUT2D eigenvalue weighted by atomic mass is 16.5. The molecule has 1 amide bonds. The van der Waals surface area contributed by atoms with E-state index < -0.39 is 0 Å². The average molecular weight is 417 g/mol. The third kappa shape index (κ3) is 6.12. The Kier molecular flexibility index (Phi) is 8.15. The Morgan fingerprint density at radius 3 is 2.47 bits per heavy atom. The second-order valence-corrected chi connectivity index (χ2v) is 9.24. The molecule has 7 nitrogen and oxygen atoms in total. The summed E-state index contributed by atoms with van der Waals surface area (Å²) in [5.41, 5.74) is 0.420. The summed E-state index contributed by atoms with van der Waals surface area (Å²) in [7, 11) is 5.58. The van der Waals surface area contributed by atoms with Gasteiger partial charge in [0, 0.05) is 26.6 Å². The van der Waals surface area contributed by atoms with Crippen LogP contribution in [0.15, 0.2) is 29.1 Å².